The molecule has 134 valence electrons. The predicted octanol–water partition coefficient (Wildman–Crippen LogP) is 2.27. The van der Waals surface area contributed by atoms with E-state index in [0.717, 1.165) is 17.0 Å². The van der Waals surface area contributed by atoms with Crippen molar-refractivity contribution in [3.63, 3.8) is 0 Å². The van der Waals surface area contributed by atoms with Crippen LogP contribution < -0.4 is 0 Å². The number of piperidine rings is 1. The van der Waals surface area contributed by atoms with Gasteiger partial charge in [0.1, 0.15) is 10.8 Å². The van der Waals surface area contributed by atoms with Crippen molar-refractivity contribution in [3.8, 4) is 0 Å². The molecule has 0 radical (unpaired) electrons. The summed E-state index contributed by atoms with van der Waals surface area (Å²) in [7, 11) is 1.88. The number of rotatable bonds is 6. The predicted molar refractivity (Wildman–Crippen MR) is 94.4 cm³/mol. The van der Waals surface area contributed by atoms with E-state index in [2.05, 4.69) is 4.98 Å². The van der Waals surface area contributed by atoms with Crippen molar-refractivity contribution < 1.29 is 14.3 Å². The van der Waals surface area contributed by atoms with E-state index in [4.69, 9.17) is 0 Å². The molecule has 1 aliphatic rings. The first kappa shape index (κ1) is 18.0. The SMILES string of the molecule is CN(Cc1nccs1)C[C@@]1(O)CCCN(Cc2ccc(F)cc2)C1=O. The van der Waals surface area contributed by atoms with Gasteiger partial charge in [0, 0.05) is 31.2 Å². The number of thiazole rings is 1. The lowest BCUT2D eigenvalue weighted by Gasteiger charge is -2.40. The van der Waals surface area contributed by atoms with Gasteiger partial charge in [-0.15, -0.1) is 11.3 Å². The van der Waals surface area contributed by atoms with E-state index in [0.29, 0.717) is 26.1 Å². The fraction of sp³-hybridized carbons (Fsp3) is 0.444. The molecule has 0 aliphatic carbocycles. The molecule has 0 saturated carbocycles. The highest BCUT2D eigenvalue weighted by Gasteiger charge is 2.42. The zero-order chi connectivity index (χ0) is 17.9. The van der Waals surface area contributed by atoms with Crippen molar-refractivity contribution in [2.24, 2.45) is 0 Å². The number of aromatic nitrogens is 1. The summed E-state index contributed by atoms with van der Waals surface area (Å²) in [4.78, 5) is 20.6. The summed E-state index contributed by atoms with van der Waals surface area (Å²) >= 11 is 1.56. The third-order valence-corrected chi connectivity index (χ3v) is 5.17. The van der Waals surface area contributed by atoms with E-state index in [1.54, 1.807) is 34.6 Å². The van der Waals surface area contributed by atoms with Crippen molar-refractivity contribution in [3.05, 3.63) is 52.2 Å². The molecule has 1 atom stereocenters. The second-order valence-corrected chi connectivity index (χ2v) is 7.57. The number of nitrogens with zero attached hydrogens (tertiary/aromatic N) is 3. The Morgan fingerprint density at radius 3 is 2.84 bits per heavy atom. The first-order valence-corrected chi connectivity index (χ1v) is 9.17. The average Bonchev–Trinajstić information content (AvgIpc) is 3.07. The van der Waals surface area contributed by atoms with Crippen LogP contribution >= 0.6 is 11.3 Å². The number of halogens is 1. The lowest BCUT2D eigenvalue weighted by molar-refractivity contribution is -0.160. The monoisotopic (exact) mass is 363 g/mol. The number of carbonyl (C=O) groups is 1. The van der Waals surface area contributed by atoms with Gasteiger partial charge in [0.2, 0.25) is 0 Å². The van der Waals surface area contributed by atoms with E-state index in [1.165, 1.54) is 12.1 Å². The number of hydrogen-bond acceptors (Lipinski definition) is 5. The highest BCUT2D eigenvalue weighted by atomic mass is 32.1. The minimum Gasteiger partial charge on any atom is -0.379 e. The van der Waals surface area contributed by atoms with E-state index in [1.807, 2.05) is 17.3 Å². The zero-order valence-electron chi connectivity index (χ0n) is 14.2. The molecule has 2 heterocycles. The van der Waals surface area contributed by atoms with Gasteiger partial charge >= 0.3 is 0 Å². The van der Waals surface area contributed by atoms with Gasteiger partial charge in [-0.2, -0.15) is 0 Å². The van der Waals surface area contributed by atoms with Crippen LogP contribution in [0, 0.1) is 5.82 Å². The van der Waals surface area contributed by atoms with Gasteiger partial charge in [-0.25, -0.2) is 9.37 Å². The molecule has 0 spiro atoms. The first-order chi connectivity index (χ1) is 12.0. The zero-order valence-corrected chi connectivity index (χ0v) is 15.0. The molecule has 0 bridgehead atoms. The van der Waals surface area contributed by atoms with E-state index in [-0.39, 0.29) is 18.3 Å². The maximum absolute atomic E-state index is 13.0. The molecule has 1 aliphatic heterocycles. The Labute approximate surface area is 150 Å². The van der Waals surface area contributed by atoms with Crippen LogP contribution in [0.3, 0.4) is 0 Å². The average molecular weight is 363 g/mol. The summed E-state index contributed by atoms with van der Waals surface area (Å²) in [5.41, 5.74) is -0.528. The molecule has 7 heteroatoms. The Morgan fingerprint density at radius 2 is 2.16 bits per heavy atom. The van der Waals surface area contributed by atoms with Crippen LogP contribution in [0.1, 0.15) is 23.4 Å². The molecular formula is C18H22FN3O2S. The third-order valence-electron chi connectivity index (χ3n) is 4.41. The second kappa shape index (κ2) is 7.59. The fourth-order valence-corrected chi connectivity index (χ4v) is 3.93. The van der Waals surface area contributed by atoms with Crippen molar-refractivity contribution in [1.29, 1.82) is 0 Å². The smallest absolute Gasteiger partial charge is 0.256 e. The van der Waals surface area contributed by atoms with Gasteiger partial charge in [-0.05, 0) is 37.6 Å². The topological polar surface area (TPSA) is 56.7 Å². The van der Waals surface area contributed by atoms with Gasteiger partial charge < -0.3 is 10.0 Å². The molecule has 0 unspecified atom stereocenters. The fourth-order valence-electron chi connectivity index (χ4n) is 3.24. The van der Waals surface area contributed by atoms with Gasteiger partial charge in [0.15, 0.2) is 5.60 Å². The van der Waals surface area contributed by atoms with Crippen LogP contribution in [0.5, 0.6) is 0 Å². The molecule has 1 aromatic heterocycles. The molecule has 25 heavy (non-hydrogen) atoms. The quantitative estimate of drug-likeness (QED) is 0.855. The number of amides is 1. The van der Waals surface area contributed by atoms with Crippen LogP contribution in [-0.2, 0) is 17.9 Å². The lowest BCUT2D eigenvalue weighted by atomic mass is 9.91. The molecular weight excluding hydrogens is 341 g/mol. The normalized spacial score (nSPS) is 21.1. The standard InChI is InChI=1S/C18H22FN3O2S/c1-21(12-16-20-8-10-25-16)13-18(24)7-2-9-22(17(18)23)11-14-3-5-15(19)6-4-14/h3-6,8,10,24H,2,7,9,11-13H2,1H3/t18-/m0/s1. The Morgan fingerprint density at radius 1 is 1.40 bits per heavy atom. The van der Waals surface area contributed by atoms with Crippen molar-refractivity contribution in [2.45, 2.75) is 31.5 Å². The summed E-state index contributed by atoms with van der Waals surface area (Å²) in [6.07, 6.45) is 2.95. The van der Waals surface area contributed by atoms with Crippen molar-refractivity contribution in [1.82, 2.24) is 14.8 Å². The van der Waals surface area contributed by atoms with Crippen molar-refractivity contribution in [2.75, 3.05) is 20.1 Å². The van der Waals surface area contributed by atoms with Crippen molar-refractivity contribution >= 4 is 17.2 Å². The summed E-state index contributed by atoms with van der Waals surface area (Å²) in [5.74, 6) is -0.553. The van der Waals surface area contributed by atoms with Crippen LogP contribution in [0.15, 0.2) is 35.8 Å². The third kappa shape index (κ3) is 4.42. The molecule has 5 nitrogen and oxygen atoms in total. The largest absolute Gasteiger partial charge is 0.379 e. The molecule has 1 N–H and O–H groups in total. The highest BCUT2D eigenvalue weighted by Crippen LogP contribution is 2.25. The lowest BCUT2D eigenvalue weighted by Crippen LogP contribution is -2.57. The molecule has 1 saturated heterocycles. The Balaban J connectivity index is 1.64. The van der Waals surface area contributed by atoms with E-state index < -0.39 is 5.60 Å². The van der Waals surface area contributed by atoms with Gasteiger partial charge in [0.05, 0.1) is 6.54 Å². The number of aliphatic hydroxyl groups is 1. The Kier molecular flexibility index (Phi) is 5.46. The van der Waals surface area contributed by atoms with E-state index >= 15 is 0 Å². The molecule has 1 aromatic carbocycles. The Hall–Kier alpha value is -1.83. The number of likely N-dealkylation sites (N-methyl/N-ethyl adjacent to an activating group) is 1. The maximum atomic E-state index is 13.0. The summed E-state index contributed by atoms with van der Waals surface area (Å²) in [6, 6.07) is 6.12. The molecule has 2 aromatic rings. The Bertz CT molecular complexity index is 708. The molecule has 1 amide bonds. The maximum Gasteiger partial charge on any atom is 0.256 e. The highest BCUT2D eigenvalue weighted by molar-refractivity contribution is 7.09. The number of carbonyl (C=O) groups excluding carboxylic acids is 1. The van der Waals surface area contributed by atoms with Gasteiger partial charge in [-0.3, -0.25) is 9.69 Å². The summed E-state index contributed by atoms with van der Waals surface area (Å²) in [5, 5.41) is 13.8. The van der Waals surface area contributed by atoms with Crippen LogP contribution in [0.2, 0.25) is 0 Å². The van der Waals surface area contributed by atoms with Gasteiger partial charge in [-0.1, -0.05) is 12.1 Å². The summed E-state index contributed by atoms with van der Waals surface area (Å²) < 4.78 is 13.0. The van der Waals surface area contributed by atoms with Crippen LogP contribution in [0.25, 0.3) is 0 Å². The number of hydrogen-bond donors (Lipinski definition) is 1. The molecule has 3 rings (SSSR count). The first-order valence-electron chi connectivity index (χ1n) is 8.29. The second-order valence-electron chi connectivity index (χ2n) is 6.59. The van der Waals surface area contributed by atoms with Crippen LogP contribution in [0.4, 0.5) is 4.39 Å². The molecule has 1 fully saturated rings. The summed E-state index contributed by atoms with van der Waals surface area (Å²) in [6.45, 7) is 1.86. The number of benzene rings is 1. The van der Waals surface area contributed by atoms with Crippen LogP contribution in [-0.4, -0.2) is 51.5 Å². The minimum atomic E-state index is -1.38. The van der Waals surface area contributed by atoms with E-state index in [9.17, 15) is 14.3 Å². The van der Waals surface area contributed by atoms with Gasteiger partial charge in [0.25, 0.3) is 5.91 Å². The minimum absolute atomic E-state index is 0.255. The number of likely N-dealkylation sites (tertiary alicyclic amines) is 1.